The number of halogens is 3. The number of nitrogens with zero attached hydrogens (tertiary/aromatic N) is 1. The van der Waals surface area contributed by atoms with Crippen molar-refractivity contribution in [2.45, 2.75) is 69.9 Å². The van der Waals surface area contributed by atoms with E-state index in [4.69, 9.17) is 4.74 Å². The van der Waals surface area contributed by atoms with Crippen LogP contribution in [0.1, 0.15) is 57.1 Å². The van der Waals surface area contributed by atoms with Gasteiger partial charge in [-0.3, -0.25) is 4.79 Å². The number of piperidine rings is 1. The lowest BCUT2D eigenvalue weighted by molar-refractivity contribution is -0.188. The first-order valence-corrected chi connectivity index (χ1v) is 11.2. The summed E-state index contributed by atoms with van der Waals surface area (Å²) in [4.78, 5) is 14.8. The Labute approximate surface area is 181 Å². The van der Waals surface area contributed by atoms with Crippen molar-refractivity contribution in [3.8, 4) is 0 Å². The van der Waals surface area contributed by atoms with Gasteiger partial charge in [0.2, 0.25) is 5.91 Å². The molecule has 0 bridgehead atoms. The third-order valence-corrected chi connectivity index (χ3v) is 7.27. The van der Waals surface area contributed by atoms with Gasteiger partial charge < -0.3 is 15.0 Å². The highest BCUT2D eigenvalue weighted by Gasteiger charge is 2.59. The molecule has 4 rings (SSSR count). The van der Waals surface area contributed by atoms with Crippen molar-refractivity contribution < 1.29 is 22.7 Å². The van der Waals surface area contributed by atoms with Crippen LogP contribution in [0.25, 0.3) is 5.57 Å². The molecule has 7 heteroatoms. The first-order chi connectivity index (χ1) is 14.6. The van der Waals surface area contributed by atoms with Crippen molar-refractivity contribution in [1.29, 1.82) is 0 Å². The number of benzene rings is 1. The Bertz CT molecular complexity index is 836. The van der Waals surface area contributed by atoms with Gasteiger partial charge >= 0.3 is 6.18 Å². The van der Waals surface area contributed by atoms with Crippen LogP contribution in [0.15, 0.2) is 30.8 Å². The summed E-state index contributed by atoms with van der Waals surface area (Å²) in [5.74, 6) is 0.888. The summed E-state index contributed by atoms with van der Waals surface area (Å²) in [6.07, 6.45) is -0.276. The molecular formula is C24H31F3N2O2. The Hall–Kier alpha value is -1.86. The second kappa shape index (κ2) is 8.24. The summed E-state index contributed by atoms with van der Waals surface area (Å²) in [5, 5.41) is 3.54. The molecule has 3 fully saturated rings. The largest absolute Gasteiger partial charge is 0.416 e. The van der Waals surface area contributed by atoms with Crippen LogP contribution in [0.3, 0.4) is 0 Å². The van der Waals surface area contributed by atoms with Crippen molar-refractivity contribution in [3.63, 3.8) is 0 Å². The highest BCUT2D eigenvalue weighted by molar-refractivity contribution is 5.78. The Kier molecular flexibility index (Phi) is 5.94. The lowest BCUT2D eigenvalue weighted by Crippen LogP contribution is -2.62. The Morgan fingerprint density at radius 3 is 2.65 bits per heavy atom. The maximum atomic E-state index is 12.8. The third kappa shape index (κ3) is 4.14. The van der Waals surface area contributed by atoms with Crippen LogP contribution >= 0.6 is 0 Å². The average molecular weight is 437 g/mol. The van der Waals surface area contributed by atoms with E-state index in [0.717, 1.165) is 43.4 Å². The second-order valence-corrected chi connectivity index (χ2v) is 9.50. The molecule has 1 aliphatic carbocycles. The van der Waals surface area contributed by atoms with Crippen LogP contribution in [0.4, 0.5) is 13.2 Å². The molecule has 1 aromatic rings. The molecule has 31 heavy (non-hydrogen) atoms. The number of nitrogens with one attached hydrogen (secondary N) is 1. The van der Waals surface area contributed by atoms with Crippen LogP contribution in [-0.2, 0) is 15.7 Å². The second-order valence-electron chi connectivity index (χ2n) is 9.50. The van der Waals surface area contributed by atoms with Crippen molar-refractivity contribution in [2.75, 3.05) is 13.2 Å². The van der Waals surface area contributed by atoms with Gasteiger partial charge in [0.05, 0.1) is 18.2 Å². The van der Waals surface area contributed by atoms with E-state index in [1.807, 2.05) is 0 Å². The fourth-order valence-electron chi connectivity index (χ4n) is 5.49. The van der Waals surface area contributed by atoms with Gasteiger partial charge in [0, 0.05) is 24.9 Å². The Morgan fingerprint density at radius 2 is 2.00 bits per heavy atom. The van der Waals surface area contributed by atoms with Crippen LogP contribution in [0.2, 0.25) is 0 Å². The van der Waals surface area contributed by atoms with Crippen LogP contribution in [0, 0.1) is 11.8 Å². The smallest absolute Gasteiger partial charge is 0.353 e. The van der Waals surface area contributed by atoms with Crippen molar-refractivity contribution >= 4 is 11.5 Å². The zero-order valence-corrected chi connectivity index (χ0v) is 18.2. The van der Waals surface area contributed by atoms with Crippen LogP contribution in [-0.4, -0.2) is 41.8 Å². The first kappa shape index (κ1) is 22.3. The fraction of sp³-hybridized carbons (Fsp3) is 0.625. The summed E-state index contributed by atoms with van der Waals surface area (Å²) < 4.78 is 44.6. The number of amides is 1. The molecule has 1 aromatic carbocycles. The standard InChI is InChI=1S/C24H31F3N2O2/c1-15(2)21-14-31-23-11-10-20(12-19(23)8-9-22(30)29(21)23)28-13-16(3)17-4-6-18(7-5-17)24(25,26)27/h4-7,15,19-21,28H,3,8-14H2,1-2H3/t19-,20+,21-,23-/m1/s1. The lowest BCUT2D eigenvalue weighted by atomic mass is 9.72. The van der Waals surface area contributed by atoms with Crippen molar-refractivity contribution in [3.05, 3.63) is 42.0 Å². The van der Waals surface area contributed by atoms with Gasteiger partial charge in [-0.1, -0.05) is 32.6 Å². The topological polar surface area (TPSA) is 41.6 Å². The maximum Gasteiger partial charge on any atom is 0.416 e. The quantitative estimate of drug-likeness (QED) is 0.718. The minimum atomic E-state index is -4.33. The van der Waals surface area contributed by atoms with Crippen LogP contribution < -0.4 is 5.32 Å². The molecule has 4 atom stereocenters. The maximum absolute atomic E-state index is 12.8. The van der Waals surface area contributed by atoms with Gasteiger partial charge in [-0.15, -0.1) is 0 Å². The monoisotopic (exact) mass is 436 g/mol. The molecule has 2 saturated heterocycles. The molecular weight excluding hydrogens is 405 g/mol. The van der Waals surface area contributed by atoms with E-state index in [2.05, 4.69) is 30.6 Å². The normalized spacial score (nSPS) is 31.0. The average Bonchev–Trinajstić information content (AvgIpc) is 3.13. The highest BCUT2D eigenvalue weighted by atomic mass is 19.4. The van der Waals surface area contributed by atoms with Crippen molar-refractivity contribution in [1.82, 2.24) is 10.2 Å². The molecule has 170 valence electrons. The summed E-state index contributed by atoms with van der Waals surface area (Å²) in [7, 11) is 0. The van der Waals surface area contributed by atoms with Gasteiger partial charge in [0.25, 0.3) is 0 Å². The molecule has 1 spiro atoms. The molecule has 4 nitrogen and oxygen atoms in total. The van der Waals surface area contributed by atoms with Gasteiger partial charge in [-0.25, -0.2) is 0 Å². The SMILES string of the molecule is C=C(CN[C@H]1CC[C@]23OC[C@H](C(C)C)N2C(=O)CC[C@@H]3C1)c1ccc(C(F)(F)F)cc1. The zero-order valence-electron chi connectivity index (χ0n) is 18.2. The molecule has 1 N–H and O–H groups in total. The molecule has 0 unspecified atom stereocenters. The lowest BCUT2D eigenvalue weighted by Gasteiger charge is -2.52. The summed E-state index contributed by atoms with van der Waals surface area (Å²) in [6, 6.07) is 5.58. The Balaban J connectivity index is 1.37. The van der Waals surface area contributed by atoms with E-state index in [1.165, 1.54) is 12.1 Å². The number of alkyl halides is 3. The predicted molar refractivity (Wildman–Crippen MR) is 113 cm³/mol. The van der Waals surface area contributed by atoms with Gasteiger partial charge in [0.15, 0.2) is 0 Å². The van der Waals surface area contributed by atoms with Crippen LogP contribution in [0.5, 0.6) is 0 Å². The first-order valence-electron chi connectivity index (χ1n) is 11.2. The number of carbonyl (C=O) groups is 1. The van der Waals surface area contributed by atoms with E-state index in [-0.39, 0.29) is 18.0 Å². The molecule has 2 aliphatic heterocycles. The minimum Gasteiger partial charge on any atom is -0.353 e. The number of ether oxygens (including phenoxy) is 1. The van der Waals surface area contributed by atoms with Gasteiger partial charge in [0.1, 0.15) is 5.72 Å². The third-order valence-electron chi connectivity index (χ3n) is 7.27. The summed E-state index contributed by atoms with van der Waals surface area (Å²) >= 11 is 0. The van der Waals surface area contributed by atoms with E-state index < -0.39 is 17.5 Å². The van der Waals surface area contributed by atoms with Gasteiger partial charge in [-0.2, -0.15) is 13.2 Å². The Morgan fingerprint density at radius 1 is 1.29 bits per heavy atom. The zero-order chi connectivity index (χ0) is 22.4. The minimum absolute atomic E-state index is 0.152. The molecule has 1 saturated carbocycles. The number of rotatable bonds is 5. The van der Waals surface area contributed by atoms with Gasteiger partial charge in [-0.05, 0) is 54.9 Å². The highest BCUT2D eigenvalue weighted by Crippen LogP contribution is 2.50. The predicted octanol–water partition coefficient (Wildman–Crippen LogP) is 4.85. The number of hydrogen-bond donors (Lipinski definition) is 1. The summed E-state index contributed by atoms with van der Waals surface area (Å²) in [6.45, 7) is 9.47. The van der Waals surface area contributed by atoms with Crippen molar-refractivity contribution in [2.24, 2.45) is 11.8 Å². The van der Waals surface area contributed by atoms with E-state index in [0.29, 0.717) is 37.0 Å². The van der Waals surface area contributed by atoms with E-state index in [9.17, 15) is 18.0 Å². The molecule has 0 aromatic heterocycles. The van der Waals surface area contributed by atoms with E-state index in [1.54, 1.807) is 0 Å². The molecule has 1 amide bonds. The molecule has 3 aliphatic rings. The fourth-order valence-corrected chi connectivity index (χ4v) is 5.49. The molecule has 0 radical (unpaired) electrons. The van der Waals surface area contributed by atoms with E-state index >= 15 is 0 Å². The number of carbonyl (C=O) groups excluding carboxylic acids is 1. The molecule has 2 heterocycles. The number of hydrogen-bond acceptors (Lipinski definition) is 3. The summed E-state index contributed by atoms with van der Waals surface area (Å²) in [5.41, 5.74) is 0.377.